The zero-order valence-corrected chi connectivity index (χ0v) is 11.4. The van der Waals surface area contributed by atoms with Crippen LogP contribution in [0, 0.1) is 0 Å². The second-order valence-electron chi connectivity index (χ2n) is 4.64. The monoisotopic (exact) mass is 281 g/mol. The predicted molar refractivity (Wildman–Crippen MR) is 82.8 cm³/mol. The van der Waals surface area contributed by atoms with Crippen LogP contribution in [0.4, 0.5) is 16.2 Å². The van der Waals surface area contributed by atoms with E-state index < -0.39 is 6.09 Å². The Bertz CT molecular complexity index is 668. The van der Waals surface area contributed by atoms with Gasteiger partial charge < -0.3 is 10.1 Å². The van der Waals surface area contributed by atoms with Crippen molar-refractivity contribution < 1.29 is 9.53 Å². The van der Waals surface area contributed by atoms with Crippen LogP contribution in [-0.4, -0.2) is 19.0 Å². The van der Waals surface area contributed by atoms with Crippen LogP contribution in [0.1, 0.15) is 11.1 Å². The lowest BCUT2D eigenvalue weighted by Crippen LogP contribution is -2.14. The van der Waals surface area contributed by atoms with Gasteiger partial charge in [-0.15, -0.1) is 0 Å². The lowest BCUT2D eigenvalue weighted by molar-refractivity contribution is 0.155. The number of nitrogens with one attached hydrogen (secondary N) is 2. The predicted octanol–water partition coefficient (Wildman–Crippen LogP) is 3.24. The van der Waals surface area contributed by atoms with Crippen LogP contribution >= 0.6 is 0 Å². The highest BCUT2D eigenvalue weighted by molar-refractivity contribution is 5.93. The fourth-order valence-corrected chi connectivity index (χ4v) is 2.06. The van der Waals surface area contributed by atoms with Crippen molar-refractivity contribution in [2.75, 3.05) is 17.3 Å². The number of fused-ring (bicyclic) bond motifs is 1. The summed E-state index contributed by atoms with van der Waals surface area (Å²) in [5.74, 6) is 0. The summed E-state index contributed by atoms with van der Waals surface area (Å²) < 4.78 is 5.18. The van der Waals surface area contributed by atoms with Gasteiger partial charge in [0.1, 0.15) is 13.3 Å². The minimum absolute atomic E-state index is 0.251. The molecule has 2 aromatic carbocycles. The van der Waals surface area contributed by atoms with Gasteiger partial charge in [0.25, 0.3) is 0 Å². The normalized spacial score (nSPS) is 12.2. The SMILES string of the molecule is O=C(Nc1ccc2c(c1)C=NCN2)OCc1ccccc1. The molecule has 0 aromatic heterocycles. The summed E-state index contributed by atoms with van der Waals surface area (Å²) in [6.45, 7) is 0.833. The first-order valence-corrected chi connectivity index (χ1v) is 6.67. The average Bonchev–Trinajstić information content (AvgIpc) is 2.54. The van der Waals surface area contributed by atoms with E-state index in [-0.39, 0.29) is 6.61 Å². The van der Waals surface area contributed by atoms with E-state index in [0.29, 0.717) is 12.4 Å². The molecule has 0 saturated heterocycles. The number of carbonyl (C=O) groups is 1. The molecule has 3 rings (SSSR count). The second-order valence-corrected chi connectivity index (χ2v) is 4.64. The number of anilines is 2. The number of amides is 1. The maximum absolute atomic E-state index is 11.8. The summed E-state index contributed by atoms with van der Waals surface area (Å²) in [7, 11) is 0. The first kappa shape index (κ1) is 13.2. The Labute approximate surface area is 122 Å². The van der Waals surface area contributed by atoms with Gasteiger partial charge >= 0.3 is 6.09 Å². The molecule has 2 N–H and O–H groups in total. The van der Waals surface area contributed by atoms with Gasteiger partial charge in [0.15, 0.2) is 0 Å². The summed E-state index contributed by atoms with van der Waals surface area (Å²) >= 11 is 0. The molecule has 0 radical (unpaired) electrons. The fraction of sp³-hybridized carbons (Fsp3) is 0.125. The van der Waals surface area contributed by atoms with Crippen molar-refractivity contribution in [2.24, 2.45) is 4.99 Å². The van der Waals surface area contributed by atoms with E-state index >= 15 is 0 Å². The molecule has 0 spiro atoms. The summed E-state index contributed by atoms with van der Waals surface area (Å²) in [5, 5.41) is 5.86. The molecule has 5 heteroatoms. The number of nitrogens with zero attached hydrogens (tertiary/aromatic N) is 1. The molecule has 0 aliphatic carbocycles. The van der Waals surface area contributed by atoms with Crippen LogP contribution in [0.15, 0.2) is 53.5 Å². The standard InChI is InChI=1S/C16H15N3O2/c20-16(21-10-12-4-2-1-3-5-12)19-14-6-7-15-13(8-14)9-17-11-18-15/h1-9,18H,10-11H2,(H,19,20). The fourth-order valence-electron chi connectivity index (χ4n) is 2.06. The van der Waals surface area contributed by atoms with Crippen molar-refractivity contribution in [3.05, 3.63) is 59.7 Å². The molecule has 0 fully saturated rings. The maximum atomic E-state index is 11.8. The molecule has 1 heterocycles. The van der Waals surface area contributed by atoms with Gasteiger partial charge in [-0.1, -0.05) is 30.3 Å². The Hall–Kier alpha value is -2.82. The highest BCUT2D eigenvalue weighted by Crippen LogP contribution is 2.21. The zero-order chi connectivity index (χ0) is 14.5. The molecule has 1 aliphatic heterocycles. The average molecular weight is 281 g/mol. The Morgan fingerprint density at radius 1 is 1.24 bits per heavy atom. The van der Waals surface area contributed by atoms with E-state index in [4.69, 9.17) is 4.74 Å². The van der Waals surface area contributed by atoms with E-state index in [1.54, 1.807) is 6.21 Å². The molecule has 21 heavy (non-hydrogen) atoms. The van der Waals surface area contributed by atoms with E-state index in [0.717, 1.165) is 16.8 Å². The lowest BCUT2D eigenvalue weighted by Gasteiger charge is -2.14. The highest BCUT2D eigenvalue weighted by Gasteiger charge is 2.08. The number of hydrogen-bond acceptors (Lipinski definition) is 4. The van der Waals surface area contributed by atoms with Crippen molar-refractivity contribution in [1.82, 2.24) is 0 Å². The number of hydrogen-bond donors (Lipinski definition) is 2. The number of carbonyl (C=O) groups excluding carboxylic acids is 1. The number of benzene rings is 2. The van der Waals surface area contributed by atoms with E-state index in [2.05, 4.69) is 15.6 Å². The molecular weight excluding hydrogens is 266 g/mol. The minimum atomic E-state index is -0.473. The Kier molecular flexibility index (Phi) is 3.82. The van der Waals surface area contributed by atoms with Gasteiger partial charge in [0.2, 0.25) is 0 Å². The summed E-state index contributed by atoms with van der Waals surface area (Å²) in [5.41, 5.74) is 3.59. The highest BCUT2D eigenvalue weighted by atomic mass is 16.5. The topological polar surface area (TPSA) is 62.7 Å². The second kappa shape index (κ2) is 6.09. The summed E-state index contributed by atoms with van der Waals surface area (Å²) in [6.07, 6.45) is 1.31. The molecule has 2 aromatic rings. The molecule has 0 bridgehead atoms. The van der Waals surface area contributed by atoms with Crippen LogP contribution in [0.5, 0.6) is 0 Å². The van der Waals surface area contributed by atoms with Crippen LogP contribution in [0.2, 0.25) is 0 Å². The van der Waals surface area contributed by atoms with Crippen LogP contribution in [-0.2, 0) is 11.3 Å². The molecule has 1 aliphatic rings. The smallest absolute Gasteiger partial charge is 0.411 e. The summed E-state index contributed by atoms with van der Waals surface area (Å²) in [6, 6.07) is 15.2. The van der Waals surface area contributed by atoms with Gasteiger partial charge in [-0.3, -0.25) is 10.3 Å². The van der Waals surface area contributed by atoms with Crippen molar-refractivity contribution in [3.63, 3.8) is 0 Å². The molecule has 0 unspecified atom stereocenters. The number of rotatable bonds is 3. The zero-order valence-electron chi connectivity index (χ0n) is 11.4. The molecular formula is C16H15N3O2. The van der Waals surface area contributed by atoms with E-state index in [1.807, 2.05) is 48.5 Å². The Morgan fingerprint density at radius 2 is 2.10 bits per heavy atom. The van der Waals surface area contributed by atoms with Crippen molar-refractivity contribution in [1.29, 1.82) is 0 Å². The van der Waals surface area contributed by atoms with Crippen LogP contribution < -0.4 is 10.6 Å². The molecule has 0 saturated carbocycles. The third-order valence-corrected chi connectivity index (χ3v) is 3.10. The first-order valence-electron chi connectivity index (χ1n) is 6.67. The molecule has 106 valence electrons. The van der Waals surface area contributed by atoms with E-state index in [1.165, 1.54) is 0 Å². The van der Waals surface area contributed by atoms with Gasteiger partial charge in [-0.05, 0) is 23.8 Å². The van der Waals surface area contributed by atoms with Crippen molar-refractivity contribution in [3.8, 4) is 0 Å². The van der Waals surface area contributed by atoms with Gasteiger partial charge in [-0.2, -0.15) is 0 Å². The lowest BCUT2D eigenvalue weighted by atomic mass is 10.1. The third-order valence-electron chi connectivity index (χ3n) is 3.10. The van der Waals surface area contributed by atoms with Crippen LogP contribution in [0.3, 0.4) is 0 Å². The van der Waals surface area contributed by atoms with Crippen LogP contribution in [0.25, 0.3) is 0 Å². The first-order chi connectivity index (χ1) is 10.3. The summed E-state index contributed by atoms with van der Waals surface area (Å²) in [4.78, 5) is 15.9. The maximum Gasteiger partial charge on any atom is 0.411 e. The molecule has 5 nitrogen and oxygen atoms in total. The van der Waals surface area contributed by atoms with Gasteiger partial charge in [0, 0.05) is 23.2 Å². The minimum Gasteiger partial charge on any atom is -0.444 e. The largest absolute Gasteiger partial charge is 0.444 e. The Balaban J connectivity index is 1.59. The van der Waals surface area contributed by atoms with E-state index in [9.17, 15) is 4.79 Å². The van der Waals surface area contributed by atoms with Gasteiger partial charge in [0.05, 0.1) is 0 Å². The Morgan fingerprint density at radius 3 is 2.95 bits per heavy atom. The third kappa shape index (κ3) is 3.39. The molecule has 0 atom stereocenters. The number of ether oxygens (including phenoxy) is 1. The molecule has 1 amide bonds. The van der Waals surface area contributed by atoms with Crippen molar-refractivity contribution in [2.45, 2.75) is 6.61 Å². The van der Waals surface area contributed by atoms with Crippen molar-refractivity contribution >= 4 is 23.7 Å². The quantitative estimate of drug-likeness (QED) is 0.907. The number of aliphatic imine (C=N–C) groups is 1. The van der Waals surface area contributed by atoms with Gasteiger partial charge in [-0.25, -0.2) is 4.79 Å².